The van der Waals surface area contributed by atoms with Gasteiger partial charge in [-0.1, -0.05) is 6.92 Å². The number of carbonyl (C=O) groups is 1. The van der Waals surface area contributed by atoms with E-state index in [-0.39, 0.29) is 12.5 Å². The van der Waals surface area contributed by atoms with E-state index in [0.717, 1.165) is 29.5 Å². The van der Waals surface area contributed by atoms with Gasteiger partial charge in [-0.05, 0) is 60.7 Å². The maximum Gasteiger partial charge on any atom is 0.255 e. The highest BCUT2D eigenvalue weighted by molar-refractivity contribution is 14.1. The quantitative estimate of drug-likeness (QED) is 0.625. The van der Waals surface area contributed by atoms with E-state index in [1.807, 2.05) is 0 Å². The van der Waals surface area contributed by atoms with Gasteiger partial charge in [-0.3, -0.25) is 9.69 Å². The van der Waals surface area contributed by atoms with Crippen LogP contribution in [0.5, 0.6) is 11.5 Å². The molecule has 0 spiro atoms. The normalized spacial score (nSPS) is 17.8. The van der Waals surface area contributed by atoms with Crippen LogP contribution in [-0.2, 0) is 0 Å². The van der Waals surface area contributed by atoms with Gasteiger partial charge in [-0.15, -0.1) is 0 Å². The minimum atomic E-state index is -0.621. The van der Waals surface area contributed by atoms with Crippen molar-refractivity contribution in [2.24, 2.45) is 0 Å². The Labute approximate surface area is 156 Å². The number of rotatable bonds is 8. The molecule has 24 heavy (non-hydrogen) atoms. The number of likely N-dealkylation sites (N-methyl/N-ethyl adjacent to an activating group) is 1. The molecule has 1 atom stereocenters. The lowest BCUT2D eigenvalue weighted by Crippen LogP contribution is -2.40. The Hall–Kier alpha value is -1.09. The van der Waals surface area contributed by atoms with Crippen LogP contribution in [0.4, 0.5) is 4.39 Å². The molecule has 1 fully saturated rings. The summed E-state index contributed by atoms with van der Waals surface area (Å²) in [6.45, 7) is 4.07. The highest BCUT2D eigenvalue weighted by Crippen LogP contribution is 2.33. The van der Waals surface area contributed by atoms with Gasteiger partial charge in [0.1, 0.15) is 13.3 Å². The van der Waals surface area contributed by atoms with Crippen molar-refractivity contribution in [1.82, 2.24) is 10.2 Å². The van der Waals surface area contributed by atoms with Crippen LogP contribution in [0.2, 0.25) is 0 Å². The number of ether oxygens (including phenoxy) is 2. The van der Waals surface area contributed by atoms with Crippen LogP contribution in [0.1, 0.15) is 30.1 Å². The van der Waals surface area contributed by atoms with Crippen LogP contribution >= 0.6 is 22.6 Å². The summed E-state index contributed by atoms with van der Waals surface area (Å²) in [5.74, 6) is 0.520. The molecule has 0 radical (unpaired) electrons. The van der Waals surface area contributed by atoms with E-state index in [1.54, 1.807) is 12.1 Å². The highest BCUT2D eigenvalue weighted by atomic mass is 123. The molecule has 5 nitrogen and oxygen atoms in total. The van der Waals surface area contributed by atoms with Crippen LogP contribution in [-0.4, -0.2) is 56.9 Å². The third-order valence-electron chi connectivity index (χ3n) is 4.21. The number of alkyl halides is 1. The number of hydrogen-bond donors (Lipinski definition) is 1. The van der Waals surface area contributed by atoms with Gasteiger partial charge in [-0.25, -0.2) is 4.39 Å². The van der Waals surface area contributed by atoms with Crippen molar-refractivity contribution < 1.29 is 18.7 Å². The van der Waals surface area contributed by atoms with Crippen LogP contribution < -0.4 is 14.8 Å². The molecule has 1 aliphatic heterocycles. The number of nitrogens with zero attached hydrogens (tertiary/aromatic N) is 1. The molecular formula is C17H24FIN2O3. The van der Waals surface area contributed by atoms with Gasteiger partial charge >= 0.3 is 0 Å². The first-order valence-corrected chi connectivity index (χ1v) is 9.27. The van der Waals surface area contributed by atoms with Crippen LogP contribution in [0.15, 0.2) is 12.1 Å². The van der Waals surface area contributed by atoms with Crippen LogP contribution in [0, 0.1) is 3.57 Å². The molecular weight excluding hydrogens is 422 g/mol. The molecule has 7 heteroatoms. The standard InChI is InChI=1S/C17H24FIN2O3/c1-3-21-7-4-5-13(21)11-20-17(22)14-9-12(19)10-15(23-2)16(14)24-8-6-18/h9-10,13H,3-8,11H2,1-2H3,(H,20,22)/t13-/m0/s1/i19-4. The molecule has 2 rings (SSSR count). The lowest BCUT2D eigenvalue weighted by Gasteiger charge is -2.23. The van der Waals surface area contributed by atoms with E-state index in [2.05, 4.69) is 39.7 Å². The first kappa shape index (κ1) is 19.2. The van der Waals surface area contributed by atoms with Crippen molar-refractivity contribution >= 4 is 28.5 Å². The van der Waals surface area contributed by atoms with Crippen molar-refractivity contribution in [1.29, 1.82) is 0 Å². The van der Waals surface area contributed by atoms with Crippen LogP contribution in [0.3, 0.4) is 0 Å². The first-order valence-electron chi connectivity index (χ1n) is 8.19. The van der Waals surface area contributed by atoms with Crippen molar-refractivity contribution in [2.45, 2.75) is 25.8 Å². The molecule has 0 aliphatic carbocycles. The summed E-state index contributed by atoms with van der Waals surface area (Å²) in [5, 5.41) is 2.99. The van der Waals surface area contributed by atoms with Gasteiger partial charge in [-0.2, -0.15) is 0 Å². The lowest BCUT2D eigenvalue weighted by atomic mass is 10.1. The SMILES string of the molecule is CCN1CCC[C@H]1CNC(=O)c1cc([123I])cc(OC)c1OCCF. The molecule has 134 valence electrons. The smallest absolute Gasteiger partial charge is 0.255 e. The zero-order valence-electron chi connectivity index (χ0n) is 14.1. The van der Waals surface area contributed by atoms with Gasteiger partial charge in [0.25, 0.3) is 5.91 Å². The van der Waals surface area contributed by atoms with E-state index >= 15 is 0 Å². The number of hydrogen-bond acceptors (Lipinski definition) is 4. The number of carbonyl (C=O) groups excluding carboxylic acids is 1. The molecule has 0 aromatic heterocycles. The topological polar surface area (TPSA) is 50.8 Å². The predicted octanol–water partition coefficient (Wildman–Crippen LogP) is 2.86. The average molecular weight is 446 g/mol. The van der Waals surface area contributed by atoms with Crippen molar-refractivity contribution in [2.75, 3.05) is 40.0 Å². The Kier molecular flexibility index (Phi) is 7.54. The molecule has 0 saturated carbocycles. The summed E-state index contributed by atoms with van der Waals surface area (Å²) in [5.41, 5.74) is 0.383. The average Bonchev–Trinajstić information content (AvgIpc) is 3.05. The second-order valence-corrected chi connectivity index (χ2v) is 6.90. The Bertz CT molecular complexity index is 571. The third-order valence-corrected chi connectivity index (χ3v) is 4.83. The maximum absolute atomic E-state index is 12.6. The van der Waals surface area contributed by atoms with Crippen molar-refractivity contribution in [3.8, 4) is 11.5 Å². The zero-order valence-corrected chi connectivity index (χ0v) is 16.3. The van der Waals surface area contributed by atoms with Crippen LogP contribution in [0.25, 0.3) is 0 Å². The summed E-state index contributed by atoms with van der Waals surface area (Å²) in [7, 11) is 1.51. The van der Waals surface area contributed by atoms with Crippen molar-refractivity contribution in [3.63, 3.8) is 0 Å². The predicted molar refractivity (Wildman–Crippen MR) is 99.8 cm³/mol. The van der Waals surface area contributed by atoms with Gasteiger partial charge in [0, 0.05) is 16.2 Å². The Morgan fingerprint density at radius 1 is 1.50 bits per heavy atom. The Morgan fingerprint density at radius 3 is 2.96 bits per heavy atom. The number of benzene rings is 1. The van der Waals surface area contributed by atoms with E-state index in [0.29, 0.717) is 29.6 Å². The fraction of sp³-hybridized carbons (Fsp3) is 0.588. The van der Waals surface area contributed by atoms with E-state index < -0.39 is 6.67 Å². The zero-order chi connectivity index (χ0) is 17.5. The molecule has 1 aromatic rings. The summed E-state index contributed by atoms with van der Waals surface area (Å²) in [6.07, 6.45) is 2.26. The van der Waals surface area contributed by atoms with Gasteiger partial charge in [0.2, 0.25) is 0 Å². The molecule has 1 amide bonds. The second kappa shape index (κ2) is 9.41. The summed E-state index contributed by atoms with van der Waals surface area (Å²) < 4.78 is 24.1. The number of nitrogens with one attached hydrogen (secondary N) is 1. The molecule has 1 N–H and O–H groups in total. The summed E-state index contributed by atoms with van der Waals surface area (Å²) >= 11 is 2.12. The second-order valence-electron chi connectivity index (χ2n) is 5.66. The molecule has 1 saturated heterocycles. The number of methoxy groups -OCH3 is 1. The number of amides is 1. The van der Waals surface area contributed by atoms with Gasteiger partial charge in [0.15, 0.2) is 11.5 Å². The monoisotopic (exact) mass is 446 g/mol. The molecule has 1 aliphatic rings. The summed E-state index contributed by atoms with van der Waals surface area (Å²) in [6, 6.07) is 3.87. The van der Waals surface area contributed by atoms with Gasteiger partial charge < -0.3 is 14.8 Å². The molecule has 0 bridgehead atoms. The third kappa shape index (κ3) is 4.72. The molecule has 0 unspecified atom stereocenters. The lowest BCUT2D eigenvalue weighted by molar-refractivity contribution is 0.0936. The van der Waals surface area contributed by atoms with E-state index in [9.17, 15) is 9.18 Å². The Balaban J connectivity index is 2.13. The van der Waals surface area contributed by atoms with Gasteiger partial charge in [0.05, 0.1) is 12.7 Å². The minimum Gasteiger partial charge on any atom is -0.493 e. The highest BCUT2D eigenvalue weighted by Gasteiger charge is 2.25. The summed E-state index contributed by atoms with van der Waals surface area (Å²) in [4.78, 5) is 15.0. The largest absolute Gasteiger partial charge is 0.493 e. The maximum atomic E-state index is 12.6. The Morgan fingerprint density at radius 2 is 2.29 bits per heavy atom. The van der Waals surface area contributed by atoms with E-state index in [1.165, 1.54) is 7.11 Å². The van der Waals surface area contributed by atoms with Crippen molar-refractivity contribution in [3.05, 3.63) is 21.3 Å². The number of halogens is 2. The van der Waals surface area contributed by atoms with E-state index in [4.69, 9.17) is 9.47 Å². The molecule has 1 aromatic carbocycles. The first-order chi connectivity index (χ1) is 11.6. The fourth-order valence-electron chi connectivity index (χ4n) is 3.03. The minimum absolute atomic E-state index is 0.108. The fourth-order valence-corrected chi connectivity index (χ4v) is 3.62. The molecule has 1 heterocycles. The number of likely N-dealkylation sites (tertiary alicyclic amines) is 1.